The van der Waals surface area contributed by atoms with Crippen LogP contribution < -0.4 is 15.8 Å². The number of aromatic nitrogens is 1. The lowest BCUT2D eigenvalue weighted by molar-refractivity contribution is 0.0610. The molecule has 2 N–H and O–H groups in total. The molecule has 0 saturated carbocycles. The summed E-state index contributed by atoms with van der Waals surface area (Å²) in [6, 6.07) is 18.0. The number of ketones is 1. The second-order valence-electron chi connectivity index (χ2n) is 8.46. The van der Waals surface area contributed by atoms with Crippen LogP contribution in [0.2, 0.25) is 0 Å². The van der Waals surface area contributed by atoms with Crippen molar-refractivity contribution in [1.82, 2.24) is 9.99 Å². The molecule has 1 aromatic heterocycles. The van der Waals surface area contributed by atoms with Crippen LogP contribution in [0.3, 0.4) is 0 Å². The van der Waals surface area contributed by atoms with Crippen LogP contribution in [-0.2, 0) is 5.75 Å². The number of carbonyl (C=O) groups is 1. The molecule has 0 aliphatic carbocycles. The Bertz CT molecular complexity index is 1230. The number of nitrogens with zero attached hydrogens (tertiary/aromatic N) is 2. The molecule has 156 valence electrons. The number of fused-ring (bicyclic) bond motifs is 3. The van der Waals surface area contributed by atoms with E-state index < -0.39 is 16.6 Å². The van der Waals surface area contributed by atoms with E-state index in [2.05, 4.69) is 40.7 Å². The van der Waals surface area contributed by atoms with Crippen LogP contribution >= 0.6 is 11.8 Å². The normalized spacial score (nSPS) is 21.0. The number of carbonyl (C=O) groups excluding carboxylic acids is 1. The van der Waals surface area contributed by atoms with Crippen molar-refractivity contribution < 1.29 is 9.90 Å². The van der Waals surface area contributed by atoms with Gasteiger partial charge in [0.1, 0.15) is 0 Å². The second-order valence-corrected chi connectivity index (χ2v) is 9.48. The molecule has 3 aromatic rings. The summed E-state index contributed by atoms with van der Waals surface area (Å²) >= 11 is 1.81. The number of hydrogen-bond donors (Lipinski definition) is 2. The zero-order chi connectivity index (χ0) is 21.2. The summed E-state index contributed by atoms with van der Waals surface area (Å²) in [5, 5.41) is 16.0. The minimum atomic E-state index is -0.644. The van der Waals surface area contributed by atoms with Crippen molar-refractivity contribution in [2.24, 2.45) is 5.41 Å². The Balaban J connectivity index is 1.63. The Labute approximate surface area is 183 Å². The summed E-state index contributed by atoms with van der Waals surface area (Å²) in [4.78, 5) is 26.8. The van der Waals surface area contributed by atoms with E-state index in [0.29, 0.717) is 19.6 Å². The first-order valence-electron chi connectivity index (χ1n) is 10.4. The molecule has 0 radical (unpaired) electrons. The molecule has 6 nitrogen and oxygen atoms in total. The molecule has 1 spiro atoms. The number of aromatic hydroxyl groups is 1. The van der Waals surface area contributed by atoms with E-state index in [0.717, 1.165) is 5.75 Å². The van der Waals surface area contributed by atoms with Gasteiger partial charge in [-0.3, -0.25) is 19.3 Å². The molecule has 1 fully saturated rings. The molecule has 0 amide bonds. The van der Waals surface area contributed by atoms with Gasteiger partial charge in [0.25, 0.3) is 0 Å². The molecule has 31 heavy (non-hydrogen) atoms. The minimum absolute atomic E-state index is 0.0899. The standard InChI is InChI=1S/C24H21N3O3S/c28-18-9-10-26-21(22(18)29)23(30)24(12-25-13-24)14-27(26)20-16-6-2-1-5-15(16)11-31-19-8-4-3-7-17(19)20/h1-10,20,25,29H,11-14H2. The fourth-order valence-corrected chi connectivity index (χ4v) is 6.08. The van der Waals surface area contributed by atoms with Crippen molar-refractivity contribution in [3.63, 3.8) is 0 Å². The van der Waals surface area contributed by atoms with Gasteiger partial charge in [-0.15, -0.1) is 11.8 Å². The summed E-state index contributed by atoms with van der Waals surface area (Å²) in [5.41, 5.74) is 2.51. The first-order valence-corrected chi connectivity index (χ1v) is 11.3. The first kappa shape index (κ1) is 18.7. The van der Waals surface area contributed by atoms with Gasteiger partial charge in [0.2, 0.25) is 5.43 Å². The number of nitrogens with one attached hydrogen (secondary N) is 1. The third kappa shape index (κ3) is 2.63. The molecule has 1 saturated heterocycles. The Kier molecular flexibility index (Phi) is 4.07. The maximum Gasteiger partial charge on any atom is 0.224 e. The Morgan fingerprint density at radius 2 is 1.74 bits per heavy atom. The molecule has 3 aliphatic rings. The van der Waals surface area contributed by atoms with Crippen LogP contribution in [0.1, 0.15) is 33.2 Å². The van der Waals surface area contributed by atoms with Crippen LogP contribution in [0.5, 0.6) is 5.75 Å². The highest BCUT2D eigenvalue weighted by molar-refractivity contribution is 7.98. The first-order chi connectivity index (χ1) is 15.1. The van der Waals surface area contributed by atoms with Crippen molar-refractivity contribution in [2.75, 3.05) is 24.6 Å². The van der Waals surface area contributed by atoms with Crippen molar-refractivity contribution in [2.45, 2.75) is 16.7 Å². The van der Waals surface area contributed by atoms with E-state index in [1.165, 1.54) is 27.7 Å². The summed E-state index contributed by atoms with van der Waals surface area (Å²) < 4.78 is 1.71. The predicted octanol–water partition coefficient (Wildman–Crippen LogP) is 2.67. The van der Waals surface area contributed by atoms with E-state index in [9.17, 15) is 14.7 Å². The lowest BCUT2D eigenvalue weighted by atomic mass is 9.74. The number of thioether (sulfide) groups is 1. The highest BCUT2D eigenvalue weighted by Crippen LogP contribution is 2.45. The van der Waals surface area contributed by atoms with Gasteiger partial charge in [0.15, 0.2) is 17.2 Å². The highest BCUT2D eigenvalue weighted by atomic mass is 32.2. The highest BCUT2D eigenvalue weighted by Gasteiger charge is 2.52. The average Bonchev–Trinajstić information content (AvgIpc) is 2.92. The van der Waals surface area contributed by atoms with E-state index in [4.69, 9.17) is 0 Å². The molecule has 1 atom stereocenters. The monoisotopic (exact) mass is 431 g/mol. The van der Waals surface area contributed by atoms with Crippen LogP contribution in [0, 0.1) is 5.41 Å². The molecular formula is C24H21N3O3S. The molecule has 4 heterocycles. The van der Waals surface area contributed by atoms with Gasteiger partial charge in [0, 0.05) is 36.0 Å². The molecule has 2 aromatic carbocycles. The maximum absolute atomic E-state index is 13.4. The zero-order valence-corrected chi connectivity index (χ0v) is 17.6. The van der Waals surface area contributed by atoms with Crippen LogP contribution in [0.15, 0.2) is 70.5 Å². The second kappa shape index (κ2) is 6.73. The van der Waals surface area contributed by atoms with Crippen molar-refractivity contribution in [3.05, 3.63) is 93.4 Å². The predicted molar refractivity (Wildman–Crippen MR) is 119 cm³/mol. The van der Waals surface area contributed by atoms with Crippen LogP contribution in [-0.4, -0.2) is 35.2 Å². The van der Waals surface area contributed by atoms with Gasteiger partial charge in [-0.25, -0.2) is 0 Å². The van der Waals surface area contributed by atoms with E-state index in [1.807, 2.05) is 30.0 Å². The third-order valence-electron chi connectivity index (χ3n) is 6.66. The SMILES string of the molecule is O=C1c2c(O)c(=O)ccn2N(C2c3ccccc3CSc3ccccc32)CC12CNC2. The van der Waals surface area contributed by atoms with Crippen LogP contribution in [0.25, 0.3) is 0 Å². The maximum atomic E-state index is 13.4. The third-order valence-corrected chi connectivity index (χ3v) is 7.80. The van der Waals surface area contributed by atoms with Gasteiger partial charge in [0.05, 0.1) is 18.0 Å². The number of rotatable bonds is 1. The van der Waals surface area contributed by atoms with Crippen molar-refractivity contribution >= 4 is 17.5 Å². The van der Waals surface area contributed by atoms with E-state index >= 15 is 0 Å². The summed E-state index contributed by atoms with van der Waals surface area (Å²) in [5.74, 6) is 0.237. The zero-order valence-electron chi connectivity index (χ0n) is 16.7. The summed E-state index contributed by atoms with van der Waals surface area (Å²) in [6.07, 6.45) is 1.62. The smallest absolute Gasteiger partial charge is 0.224 e. The topological polar surface area (TPSA) is 74.6 Å². The number of benzene rings is 2. The fraction of sp³-hybridized carbons (Fsp3) is 0.250. The molecule has 1 unspecified atom stereocenters. The molecule has 0 bridgehead atoms. The van der Waals surface area contributed by atoms with E-state index in [1.54, 1.807) is 10.9 Å². The largest absolute Gasteiger partial charge is 0.503 e. The average molecular weight is 432 g/mol. The van der Waals surface area contributed by atoms with Gasteiger partial charge in [-0.2, -0.15) is 0 Å². The van der Waals surface area contributed by atoms with Crippen LogP contribution in [0.4, 0.5) is 0 Å². The fourth-order valence-electron chi connectivity index (χ4n) is 4.98. The molecule has 7 heteroatoms. The summed E-state index contributed by atoms with van der Waals surface area (Å²) in [6.45, 7) is 1.58. The number of Topliss-reactive ketones (excluding diaryl/α,β-unsaturated/α-hetero) is 1. The van der Waals surface area contributed by atoms with Gasteiger partial charge >= 0.3 is 0 Å². The lowest BCUT2D eigenvalue weighted by Gasteiger charge is -2.51. The number of pyridine rings is 1. The van der Waals surface area contributed by atoms with Gasteiger partial charge < -0.3 is 10.4 Å². The molecule has 3 aliphatic heterocycles. The number of hydrogen-bond acceptors (Lipinski definition) is 6. The molecular weight excluding hydrogens is 410 g/mol. The van der Waals surface area contributed by atoms with E-state index in [-0.39, 0.29) is 17.5 Å². The minimum Gasteiger partial charge on any atom is -0.503 e. The van der Waals surface area contributed by atoms with Crippen molar-refractivity contribution in [1.29, 1.82) is 0 Å². The van der Waals surface area contributed by atoms with Gasteiger partial charge in [-0.05, 0) is 22.8 Å². The molecule has 6 rings (SSSR count). The quantitative estimate of drug-likeness (QED) is 0.617. The lowest BCUT2D eigenvalue weighted by Crippen LogP contribution is -2.68. The van der Waals surface area contributed by atoms with Crippen molar-refractivity contribution in [3.8, 4) is 5.75 Å². The van der Waals surface area contributed by atoms with Gasteiger partial charge in [-0.1, -0.05) is 42.5 Å². The Morgan fingerprint density at radius 1 is 1.00 bits per heavy atom. The Morgan fingerprint density at radius 3 is 2.52 bits per heavy atom. The summed E-state index contributed by atoms with van der Waals surface area (Å²) in [7, 11) is 0. The Hall–Kier alpha value is -3.03.